The molecule has 226 valence electrons. The molecule has 42 heavy (non-hydrogen) atoms. The zero-order valence-electron chi connectivity index (χ0n) is 23.4. The van der Waals surface area contributed by atoms with E-state index in [1.807, 2.05) is 12.1 Å². The smallest absolute Gasteiger partial charge is 0.337 e. The molecule has 1 saturated carbocycles. The van der Waals surface area contributed by atoms with Gasteiger partial charge in [-0.2, -0.15) is 0 Å². The van der Waals surface area contributed by atoms with Crippen LogP contribution < -0.4 is 10.6 Å². The molecule has 2 aliphatic heterocycles. The van der Waals surface area contributed by atoms with E-state index < -0.39 is 35.7 Å². The first-order chi connectivity index (χ1) is 19.7. The molecule has 12 heteroatoms. The minimum absolute atomic E-state index is 0. The topological polar surface area (TPSA) is 91.0 Å². The Morgan fingerprint density at radius 2 is 1.62 bits per heavy atom. The van der Waals surface area contributed by atoms with Crippen molar-refractivity contribution in [2.75, 3.05) is 20.2 Å². The first-order valence-electron chi connectivity index (χ1n) is 13.8. The SMILES string of the molecule is COC(=O)C1=C(C)NC(=O)N(C(=O)N[C@@H]2CCN(C3CCC(c4ccc(F)cc4)CC3)C2)[C@H]1c1ccc(F)c(F)c1.Cl. The maximum Gasteiger partial charge on any atom is 0.337 e. The van der Waals surface area contributed by atoms with Crippen molar-refractivity contribution in [3.8, 4) is 0 Å². The molecule has 0 aromatic heterocycles. The largest absolute Gasteiger partial charge is 0.466 e. The van der Waals surface area contributed by atoms with Gasteiger partial charge < -0.3 is 15.4 Å². The third-order valence-corrected chi connectivity index (χ3v) is 8.43. The number of esters is 1. The van der Waals surface area contributed by atoms with Crippen LogP contribution in [0.25, 0.3) is 0 Å². The maximum atomic E-state index is 14.2. The number of likely N-dealkylation sites (tertiary alicyclic amines) is 1. The van der Waals surface area contributed by atoms with E-state index in [0.717, 1.165) is 61.9 Å². The van der Waals surface area contributed by atoms with Crippen LogP contribution in [-0.4, -0.2) is 60.1 Å². The lowest BCUT2D eigenvalue weighted by Gasteiger charge is -2.37. The summed E-state index contributed by atoms with van der Waals surface area (Å²) in [6, 6.07) is 6.95. The van der Waals surface area contributed by atoms with Crippen LogP contribution >= 0.6 is 12.4 Å². The number of nitrogens with zero attached hydrogens (tertiary/aromatic N) is 2. The van der Waals surface area contributed by atoms with E-state index in [9.17, 15) is 27.6 Å². The average Bonchev–Trinajstić information content (AvgIpc) is 3.42. The van der Waals surface area contributed by atoms with E-state index in [2.05, 4.69) is 15.5 Å². The number of carbonyl (C=O) groups is 3. The van der Waals surface area contributed by atoms with Gasteiger partial charge in [-0.1, -0.05) is 18.2 Å². The Hall–Kier alpha value is -3.57. The first-order valence-corrected chi connectivity index (χ1v) is 13.8. The van der Waals surface area contributed by atoms with Gasteiger partial charge in [0, 0.05) is 30.9 Å². The van der Waals surface area contributed by atoms with Crippen molar-refractivity contribution < 1.29 is 32.3 Å². The lowest BCUT2D eigenvalue weighted by molar-refractivity contribution is -0.136. The molecule has 2 N–H and O–H groups in total. The summed E-state index contributed by atoms with van der Waals surface area (Å²) in [5.74, 6) is -2.91. The number of urea groups is 2. The highest BCUT2D eigenvalue weighted by Crippen LogP contribution is 2.37. The number of carbonyl (C=O) groups excluding carboxylic acids is 3. The minimum atomic E-state index is -1.31. The monoisotopic (exact) mass is 606 g/mol. The van der Waals surface area contributed by atoms with E-state index >= 15 is 0 Å². The summed E-state index contributed by atoms with van der Waals surface area (Å²) in [6.45, 7) is 2.86. The molecule has 2 fully saturated rings. The quantitative estimate of drug-likeness (QED) is 0.436. The second kappa shape index (κ2) is 13.2. The van der Waals surface area contributed by atoms with Crippen LogP contribution in [0.15, 0.2) is 53.7 Å². The molecule has 0 bridgehead atoms. The van der Waals surface area contributed by atoms with E-state index in [1.165, 1.54) is 25.1 Å². The molecule has 2 heterocycles. The summed E-state index contributed by atoms with van der Waals surface area (Å²) in [6.07, 6.45) is 4.64. The Kier molecular flexibility index (Phi) is 9.83. The van der Waals surface area contributed by atoms with Crippen molar-refractivity contribution in [1.29, 1.82) is 0 Å². The van der Waals surface area contributed by atoms with Gasteiger partial charge in [-0.3, -0.25) is 4.90 Å². The number of nitrogens with one attached hydrogen (secondary N) is 2. The fourth-order valence-corrected chi connectivity index (χ4v) is 6.31. The summed E-state index contributed by atoms with van der Waals surface area (Å²) >= 11 is 0. The molecule has 2 atom stereocenters. The molecule has 1 saturated heterocycles. The van der Waals surface area contributed by atoms with Crippen molar-refractivity contribution in [2.45, 2.75) is 63.1 Å². The first kappa shape index (κ1) is 31.4. The highest BCUT2D eigenvalue weighted by Gasteiger charge is 2.43. The molecule has 2 aromatic rings. The average molecular weight is 607 g/mol. The third-order valence-electron chi connectivity index (χ3n) is 8.43. The van der Waals surface area contributed by atoms with Gasteiger partial charge in [0.15, 0.2) is 11.6 Å². The Morgan fingerprint density at radius 1 is 0.952 bits per heavy atom. The van der Waals surface area contributed by atoms with Crippen LogP contribution in [0.3, 0.4) is 0 Å². The number of hydrogen-bond acceptors (Lipinski definition) is 5. The molecule has 8 nitrogen and oxygen atoms in total. The molecular formula is C30H34ClF3N4O4. The van der Waals surface area contributed by atoms with E-state index in [-0.39, 0.29) is 41.1 Å². The second-order valence-corrected chi connectivity index (χ2v) is 10.9. The summed E-state index contributed by atoms with van der Waals surface area (Å²) in [5.41, 5.74) is 1.31. The van der Waals surface area contributed by atoms with E-state index in [1.54, 1.807) is 0 Å². The fourth-order valence-electron chi connectivity index (χ4n) is 6.31. The van der Waals surface area contributed by atoms with Crippen LogP contribution in [0.5, 0.6) is 0 Å². The molecule has 0 unspecified atom stereocenters. The van der Waals surface area contributed by atoms with Gasteiger partial charge in [0.05, 0.1) is 12.7 Å². The third kappa shape index (κ3) is 6.42. The van der Waals surface area contributed by atoms with Gasteiger partial charge in [0.25, 0.3) is 0 Å². The number of imide groups is 1. The summed E-state index contributed by atoms with van der Waals surface area (Å²) in [5, 5.41) is 5.43. The van der Waals surface area contributed by atoms with Gasteiger partial charge >= 0.3 is 18.0 Å². The molecular weight excluding hydrogens is 573 g/mol. The highest BCUT2D eigenvalue weighted by molar-refractivity contribution is 6.01. The Morgan fingerprint density at radius 3 is 2.26 bits per heavy atom. The Bertz CT molecular complexity index is 1360. The standard InChI is InChI=1S/C30H33F3N4O4.ClH/c1-17-26(28(38)41-2)27(20-7-12-24(32)25(33)15-20)37(29(39)34-17)30(40)35-22-13-14-36(16-22)23-10-5-19(6-11-23)18-3-8-21(31)9-4-18;/h3-4,7-9,12,15,19,22-23,27H,5-6,10-11,13-14,16H2,1-2H3,(H,34,39)(H,35,40);1H/t19?,22-,23?,27+;/m1./s1. The van der Waals surface area contributed by atoms with Crippen LogP contribution in [-0.2, 0) is 9.53 Å². The normalized spacial score (nSPS) is 24.6. The Balaban J connectivity index is 0.00000405. The number of ether oxygens (including phenoxy) is 1. The molecule has 1 aliphatic carbocycles. The number of benzene rings is 2. The predicted molar refractivity (Wildman–Crippen MR) is 151 cm³/mol. The van der Waals surface area contributed by atoms with Crippen molar-refractivity contribution in [1.82, 2.24) is 20.4 Å². The predicted octanol–water partition coefficient (Wildman–Crippen LogP) is 5.55. The summed E-state index contributed by atoms with van der Waals surface area (Å²) < 4.78 is 46.1. The molecule has 4 amide bonds. The maximum absolute atomic E-state index is 14.2. The van der Waals surface area contributed by atoms with Crippen LogP contribution in [0.2, 0.25) is 0 Å². The van der Waals surface area contributed by atoms with Gasteiger partial charge in [-0.05, 0) is 80.3 Å². The lowest BCUT2D eigenvalue weighted by atomic mass is 9.81. The number of amides is 4. The fraction of sp³-hybridized carbons (Fsp3) is 0.433. The molecule has 5 rings (SSSR count). The van der Waals surface area contributed by atoms with Gasteiger partial charge in [-0.15, -0.1) is 12.4 Å². The van der Waals surface area contributed by atoms with Crippen LogP contribution in [0, 0.1) is 17.5 Å². The summed E-state index contributed by atoms with van der Waals surface area (Å²) in [7, 11) is 1.16. The molecule has 3 aliphatic rings. The number of methoxy groups -OCH3 is 1. The Labute approximate surface area is 248 Å². The second-order valence-electron chi connectivity index (χ2n) is 10.9. The zero-order chi connectivity index (χ0) is 29.3. The number of halogens is 4. The number of hydrogen-bond donors (Lipinski definition) is 2. The highest BCUT2D eigenvalue weighted by atomic mass is 35.5. The zero-order valence-corrected chi connectivity index (χ0v) is 24.2. The number of allylic oxidation sites excluding steroid dienone is 1. The van der Waals surface area contributed by atoms with E-state index in [4.69, 9.17) is 4.74 Å². The molecule has 2 aromatic carbocycles. The number of rotatable bonds is 5. The van der Waals surface area contributed by atoms with Crippen molar-refractivity contribution in [2.24, 2.45) is 0 Å². The van der Waals surface area contributed by atoms with Gasteiger partial charge in [0.1, 0.15) is 11.9 Å². The van der Waals surface area contributed by atoms with Crippen molar-refractivity contribution in [3.63, 3.8) is 0 Å². The lowest BCUT2D eigenvalue weighted by Crippen LogP contribution is -2.56. The van der Waals surface area contributed by atoms with E-state index in [0.29, 0.717) is 24.9 Å². The van der Waals surface area contributed by atoms with Gasteiger partial charge in [0.2, 0.25) is 0 Å². The van der Waals surface area contributed by atoms with Crippen LogP contribution in [0.1, 0.15) is 62.1 Å². The van der Waals surface area contributed by atoms with Gasteiger partial charge in [-0.25, -0.2) is 32.5 Å². The summed E-state index contributed by atoms with van der Waals surface area (Å²) in [4.78, 5) is 42.5. The molecule has 0 spiro atoms. The minimum Gasteiger partial charge on any atom is -0.466 e. The van der Waals surface area contributed by atoms with Crippen molar-refractivity contribution in [3.05, 3.63) is 82.3 Å². The van der Waals surface area contributed by atoms with Crippen molar-refractivity contribution >= 4 is 30.4 Å². The molecule has 0 radical (unpaired) electrons. The van der Waals surface area contributed by atoms with Crippen LogP contribution in [0.4, 0.5) is 22.8 Å².